The maximum Gasteiger partial charge on any atom is 0.251 e. The van der Waals surface area contributed by atoms with E-state index >= 15 is 0 Å². The number of aromatic nitrogens is 2. The van der Waals surface area contributed by atoms with Gasteiger partial charge in [0.2, 0.25) is 0 Å². The highest BCUT2D eigenvalue weighted by Gasteiger charge is 2.28. The van der Waals surface area contributed by atoms with Gasteiger partial charge in [-0.25, -0.2) is 8.51 Å². The van der Waals surface area contributed by atoms with Crippen LogP contribution in [0.1, 0.15) is 66.6 Å². The second-order valence-corrected chi connectivity index (χ2v) is 16.2. The van der Waals surface area contributed by atoms with Gasteiger partial charge in [-0.2, -0.15) is 5.10 Å². The number of hydrogen-bond acceptors (Lipinski definition) is 6. The number of carbonyl (C=O) groups is 1. The lowest BCUT2D eigenvalue weighted by Crippen LogP contribution is -2.32. The van der Waals surface area contributed by atoms with Crippen LogP contribution in [0.25, 0.3) is 22.4 Å². The average molecular weight is 743 g/mol. The maximum atomic E-state index is 13.2. The summed E-state index contributed by atoms with van der Waals surface area (Å²) in [5.74, 6) is 1.45. The highest BCUT2D eigenvalue weighted by Crippen LogP contribution is 2.36. The quantitative estimate of drug-likeness (QED) is 0.123. The van der Waals surface area contributed by atoms with E-state index in [0.29, 0.717) is 36.1 Å². The van der Waals surface area contributed by atoms with Crippen LogP contribution in [-0.4, -0.2) is 81.2 Å². The Kier molecular flexibility index (Phi) is 12.3. The van der Waals surface area contributed by atoms with E-state index in [1.807, 2.05) is 65.0 Å². The molecule has 276 valence electrons. The number of rotatable bonds is 15. The number of fused-ring (bicyclic) bond motifs is 1. The van der Waals surface area contributed by atoms with Gasteiger partial charge in [-0.3, -0.25) is 9.48 Å². The molecule has 1 atom stereocenters. The van der Waals surface area contributed by atoms with Crippen molar-refractivity contribution in [3.63, 3.8) is 0 Å². The number of halogens is 1. The molecule has 7 rings (SSSR count). The van der Waals surface area contributed by atoms with Crippen molar-refractivity contribution in [3.8, 4) is 28.1 Å². The molecule has 4 aromatic rings. The topological polar surface area (TPSA) is 91.7 Å². The Morgan fingerprint density at radius 3 is 2.54 bits per heavy atom. The molecule has 3 aromatic carbocycles. The minimum absolute atomic E-state index is 0.138. The summed E-state index contributed by atoms with van der Waals surface area (Å²) in [5.41, 5.74) is 7.53. The standard InChI is InChI=1S/C41H51ClN6O3S/c1-52(50)47-25-18-39-37(28-47)40(45-48(39)24-7-23-46-21-4-5-22-46)32-12-17-38(42)36(27-32)31-10-6-11-33(26-31)41(49)44-20-19-43-34-13-15-35(16-14-34)51-29-30-8-2-3-9-30/h6,10-17,26-27,30,43H,2-5,7-9,18-25,28-29H2,1H3,(H,44,49). The molecule has 52 heavy (non-hydrogen) atoms. The molecule has 1 unspecified atom stereocenters. The zero-order valence-electron chi connectivity index (χ0n) is 30.2. The van der Waals surface area contributed by atoms with E-state index in [4.69, 9.17) is 21.4 Å². The van der Waals surface area contributed by atoms with Crippen molar-refractivity contribution >= 4 is 34.2 Å². The minimum atomic E-state index is -1.06. The molecule has 1 saturated carbocycles. The Morgan fingerprint density at radius 1 is 0.942 bits per heavy atom. The third kappa shape index (κ3) is 9.08. The lowest BCUT2D eigenvalue weighted by atomic mass is 9.97. The van der Waals surface area contributed by atoms with Gasteiger partial charge in [0.15, 0.2) is 0 Å². The smallest absolute Gasteiger partial charge is 0.251 e. The molecule has 1 amide bonds. The van der Waals surface area contributed by atoms with Gasteiger partial charge < -0.3 is 20.3 Å². The van der Waals surface area contributed by atoms with E-state index in [1.165, 1.54) is 57.3 Å². The SMILES string of the molecule is CS(=O)N1CCc2c(c(-c3ccc(Cl)c(-c4cccc(C(=O)NCCNc5ccc(OCC6CCCC6)cc5)c4)c3)nn2CCCN2CCCC2)C1. The van der Waals surface area contributed by atoms with E-state index in [0.717, 1.165) is 78.5 Å². The van der Waals surface area contributed by atoms with Gasteiger partial charge in [-0.15, -0.1) is 0 Å². The molecular weight excluding hydrogens is 692 g/mol. The van der Waals surface area contributed by atoms with Gasteiger partial charge in [-0.1, -0.05) is 42.6 Å². The molecular formula is C41H51ClN6O3S. The Labute approximate surface area is 315 Å². The highest BCUT2D eigenvalue weighted by molar-refractivity contribution is 7.81. The molecule has 2 aliphatic heterocycles. The highest BCUT2D eigenvalue weighted by atomic mass is 35.5. The normalized spacial score (nSPS) is 17.3. The van der Waals surface area contributed by atoms with Crippen molar-refractivity contribution in [2.24, 2.45) is 5.92 Å². The Hall–Kier alpha value is -3.70. The molecule has 0 spiro atoms. The molecule has 1 saturated heterocycles. The van der Waals surface area contributed by atoms with Crippen LogP contribution in [0.4, 0.5) is 5.69 Å². The van der Waals surface area contributed by atoms with Crippen LogP contribution in [0.5, 0.6) is 5.75 Å². The molecule has 1 aliphatic carbocycles. The Morgan fingerprint density at radius 2 is 1.75 bits per heavy atom. The largest absolute Gasteiger partial charge is 0.493 e. The first-order chi connectivity index (χ1) is 25.4. The van der Waals surface area contributed by atoms with Crippen LogP contribution in [0.3, 0.4) is 0 Å². The summed E-state index contributed by atoms with van der Waals surface area (Å²) in [4.78, 5) is 15.8. The van der Waals surface area contributed by atoms with E-state index in [2.05, 4.69) is 26.3 Å². The molecule has 2 fully saturated rings. The molecule has 0 bridgehead atoms. The molecule has 0 radical (unpaired) electrons. The first-order valence-electron chi connectivity index (χ1n) is 19.0. The van der Waals surface area contributed by atoms with E-state index in [1.54, 1.807) is 6.26 Å². The van der Waals surface area contributed by atoms with E-state index < -0.39 is 11.0 Å². The summed E-state index contributed by atoms with van der Waals surface area (Å²) in [7, 11) is -1.06. The van der Waals surface area contributed by atoms with Crippen LogP contribution >= 0.6 is 11.6 Å². The van der Waals surface area contributed by atoms with E-state index in [9.17, 15) is 9.00 Å². The summed E-state index contributed by atoms with van der Waals surface area (Å²) in [6, 6.07) is 21.6. The number of nitrogens with zero attached hydrogens (tertiary/aromatic N) is 4. The summed E-state index contributed by atoms with van der Waals surface area (Å²) >= 11 is 6.82. The van der Waals surface area contributed by atoms with Gasteiger partial charge in [-0.05, 0) is 112 Å². The number of ether oxygens (including phenoxy) is 1. The van der Waals surface area contributed by atoms with Gasteiger partial charge >= 0.3 is 0 Å². The second-order valence-electron chi connectivity index (χ2n) is 14.4. The number of nitrogens with one attached hydrogen (secondary N) is 2. The minimum Gasteiger partial charge on any atom is -0.493 e. The maximum absolute atomic E-state index is 13.2. The van der Waals surface area contributed by atoms with Crippen LogP contribution in [-0.2, 0) is 30.5 Å². The zero-order valence-corrected chi connectivity index (χ0v) is 31.8. The number of carbonyl (C=O) groups excluding carboxylic acids is 1. The number of anilines is 1. The number of aryl methyl sites for hydroxylation is 1. The van der Waals surface area contributed by atoms with E-state index in [-0.39, 0.29) is 5.91 Å². The third-order valence-corrected chi connectivity index (χ3v) is 12.1. The van der Waals surface area contributed by atoms with Gasteiger partial charge in [0.1, 0.15) is 5.75 Å². The lowest BCUT2D eigenvalue weighted by Gasteiger charge is -2.25. The predicted molar refractivity (Wildman–Crippen MR) is 211 cm³/mol. The zero-order chi connectivity index (χ0) is 35.9. The fourth-order valence-electron chi connectivity index (χ4n) is 7.82. The summed E-state index contributed by atoms with van der Waals surface area (Å²) < 4.78 is 22.7. The predicted octanol–water partition coefficient (Wildman–Crippen LogP) is 7.42. The summed E-state index contributed by atoms with van der Waals surface area (Å²) in [6.07, 6.45) is 11.4. The first kappa shape index (κ1) is 36.6. The fourth-order valence-corrected chi connectivity index (χ4v) is 8.71. The number of likely N-dealkylation sites (tertiary alicyclic amines) is 1. The fraction of sp³-hybridized carbons (Fsp3) is 0.463. The number of benzene rings is 3. The number of amides is 1. The summed E-state index contributed by atoms with van der Waals surface area (Å²) in [6.45, 7) is 7.57. The van der Waals surface area contributed by atoms with Gasteiger partial charge in [0.25, 0.3) is 5.91 Å². The lowest BCUT2D eigenvalue weighted by molar-refractivity contribution is 0.0955. The van der Waals surface area contributed by atoms with Gasteiger partial charge in [0, 0.05) is 84.1 Å². The summed E-state index contributed by atoms with van der Waals surface area (Å²) in [5, 5.41) is 12.2. The van der Waals surface area contributed by atoms with Gasteiger partial charge in [0.05, 0.1) is 23.3 Å². The van der Waals surface area contributed by atoms with Crippen molar-refractivity contribution in [1.82, 2.24) is 24.3 Å². The molecule has 2 N–H and O–H groups in total. The monoisotopic (exact) mass is 742 g/mol. The molecule has 3 aliphatic rings. The Balaban J connectivity index is 0.996. The average Bonchev–Trinajstić information content (AvgIpc) is 3.96. The van der Waals surface area contributed by atoms with Crippen molar-refractivity contribution in [1.29, 1.82) is 0 Å². The third-order valence-electron chi connectivity index (χ3n) is 10.7. The van der Waals surface area contributed by atoms with Crippen molar-refractivity contribution in [2.75, 3.05) is 57.4 Å². The van der Waals surface area contributed by atoms with Crippen LogP contribution in [0, 0.1) is 5.92 Å². The first-order valence-corrected chi connectivity index (χ1v) is 20.9. The van der Waals surface area contributed by atoms with Crippen LogP contribution in [0.2, 0.25) is 5.02 Å². The second kappa shape index (κ2) is 17.4. The van der Waals surface area contributed by atoms with Crippen LogP contribution < -0.4 is 15.4 Å². The molecule has 11 heteroatoms. The van der Waals surface area contributed by atoms with Crippen molar-refractivity contribution in [3.05, 3.63) is 88.6 Å². The van der Waals surface area contributed by atoms with Crippen LogP contribution in [0.15, 0.2) is 66.7 Å². The Bertz CT molecular complexity index is 1850. The number of hydrogen-bond donors (Lipinski definition) is 2. The molecule has 3 heterocycles. The van der Waals surface area contributed by atoms with Crippen molar-refractivity contribution < 1.29 is 13.7 Å². The van der Waals surface area contributed by atoms with Crippen molar-refractivity contribution in [2.45, 2.75) is 64.5 Å². The molecule has 9 nitrogen and oxygen atoms in total. The molecule has 1 aromatic heterocycles.